The van der Waals surface area contributed by atoms with Crippen molar-refractivity contribution < 1.29 is 17.9 Å². The summed E-state index contributed by atoms with van der Waals surface area (Å²) in [7, 11) is 0. The Morgan fingerprint density at radius 2 is 1.85 bits per heavy atom. The fourth-order valence-corrected chi connectivity index (χ4v) is 3.83. The normalized spacial score (nSPS) is 12.7. The number of hydrogen-bond acceptors (Lipinski definition) is 6. The number of nitrogens with one attached hydrogen (secondary N) is 1. The van der Waals surface area contributed by atoms with E-state index < -0.39 is 12.2 Å². The number of halogens is 3. The lowest BCUT2D eigenvalue weighted by Crippen LogP contribution is -2.30. The molecular formula is C24H17F3N6O. The molecule has 34 heavy (non-hydrogen) atoms. The first-order valence-corrected chi connectivity index (χ1v) is 10.3. The van der Waals surface area contributed by atoms with Gasteiger partial charge in [0.2, 0.25) is 0 Å². The summed E-state index contributed by atoms with van der Waals surface area (Å²) in [5.74, 6) is -0.0600. The molecule has 0 spiro atoms. The predicted octanol–water partition coefficient (Wildman–Crippen LogP) is 4.90. The van der Waals surface area contributed by atoms with Crippen LogP contribution in [0, 0.1) is 12.1 Å². The highest BCUT2D eigenvalue weighted by Crippen LogP contribution is 2.41. The topological polar surface area (TPSA) is 90.5 Å². The molecule has 5 aromatic rings. The summed E-state index contributed by atoms with van der Waals surface area (Å²) in [4.78, 5) is 16.8. The second-order valence-electron chi connectivity index (χ2n) is 7.79. The number of pyridine rings is 3. The number of aryl methyl sites for hydroxylation is 1. The summed E-state index contributed by atoms with van der Waals surface area (Å²) in [6.45, 7) is 1.85. The highest BCUT2D eigenvalue weighted by molar-refractivity contribution is 5.86. The Morgan fingerprint density at radius 1 is 1.00 bits per heavy atom. The van der Waals surface area contributed by atoms with Crippen molar-refractivity contribution >= 4 is 27.8 Å². The minimum Gasteiger partial charge on any atom is -0.619 e. The van der Waals surface area contributed by atoms with Crippen LogP contribution in [0.5, 0.6) is 0 Å². The van der Waals surface area contributed by atoms with Crippen LogP contribution in [0.2, 0.25) is 0 Å². The van der Waals surface area contributed by atoms with Gasteiger partial charge in [-0.25, -0.2) is 15.0 Å². The molecule has 7 nitrogen and oxygen atoms in total. The van der Waals surface area contributed by atoms with Crippen LogP contribution >= 0.6 is 0 Å². The van der Waals surface area contributed by atoms with Crippen molar-refractivity contribution in [2.24, 2.45) is 0 Å². The van der Waals surface area contributed by atoms with Crippen LogP contribution in [0.4, 0.5) is 19.0 Å². The van der Waals surface area contributed by atoms with Crippen LogP contribution in [0.25, 0.3) is 33.2 Å². The van der Waals surface area contributed by atoms with Crippen LogP contribution in [-0.2, 0) is 0 Å². The molecule has 4 aromatic heterocycles. The Morgan fingerprint density at radius 3 is 2.65 bits per heavy atom. The monoisotopic (exact) mass is 462 g/mol. The zero-order valence-electron chi connectivity index (χ0n) is 17.8. The summed E-state index contributed by atoms with van der Waals surface area (Å²) in [6, 6.07) is 10.9. The van der Waals surface area contributed by atoms with E-state index in [-0.39, 0.29) is 28.2 Å². The third-order valence-corrected chi connectivity index (χ3v) is 5.36. The van der Waals surface area contributed by atoms with Crippen LogP contribution < -0.4 is 10.0 Å². The van der Waals surface area contributed by atoms with Crippen molar-refractivity contribution in [3.63, 3.8) is 0 Å². The highest BCUT2D eigenvalue weighted by atomic mass is 19.4. The zero-order valence-corrected chi connectivity index (χ0v) is 17.8. The lowest BCUT2D eigenvalue weighted by molar-refractivity contribution is -0.604. The minimum absolute atomic E-state index is 0.0442. The van der Waals surface area contributed by atoms with Gasteiger partial charge in [-0.1, -0.05) is 11.6 Å². The predicted molar refractivity (Wildman–Crippen MR) is 121 cm³/mol. The van der Waals surface area contributed by atoms with Crippen molar-refractivity contribution in [2.45, 2.75) is 19.1 Å². The van der Waals surface area contributed by atoms with Crippen molar-refractivity contribution in [3.05, 3.63) is 89.8 Å². The van der Waals surface area contributed by atoms with E-state index in [9.17, 15) is 18.4 Å². The van der Waals surface area contributed by atoms with Gasteiger partial charge in [0.05, 0.1) is 22.3 Å². The molecule has 0 fully saturated rings. The lowest BCUT2D eigenvalue weighted by atomic mass is 9.97. The van der Waals surface area contributed by atoms with Crippen molar-refractivity contribution in [2.75, 3.05) is 5.32 Å². The number of fused-ring (bicyclic) bond motifs is 2. The fourth-order valence-electron chi connectivity index (χ4n) is 3.83. The third kappa shape index (κ3) is 4.05. The maximum atomic E-state index is 14.5. The van der Waals surface area contributed by atoms with Crippen LogP contribution in [-0.4, -0.2) is 26.1 Å². The second-order valence-corrected chi connectivity index (χ2v) is 7.79. The van der Waals surface area contributed by atoms with Crippen LogP contribution in [0.15, 0.2) is 73.4 Å². The minimum atomic E-state index is -4.72. The Balaban J connectivity index is 1.75. The van der Waals surface area contributed by atoms with Crippen LogP contribution in [0.1, 0.15) is 17.2 Å². The lowest BCUT2D eigenvalue weighted by Gasteiger charge is -2.25. The molecule has 1 atom stereocenters. The first-order valence-electron chi connectivity index (χ1n) is 10.3. The number of anilines is 1. The van der Waals surface area contributed by atoms with E-state index in [4.69, 9.17) is 0 Å². The van der Waals surface area contributed by atoms with E-state index in [0.717, 1.165) is 5.56 Å². The molecule has 0 saturated carbocycles. The zero-order chi connectivity index (χ0) is 23.9. The molecule has 0 aliphatic rings. The van der Waals surface area contributed by atoms with E-state index in [0.29, 0.717) is 21.2 Å². The summed E-state index contributed by atoms with van der Waals surface area (Å²) < 4.78 is 44.1. The average Bonchev–Trinajstić information content (AvgIpc) is 2.81. The van der Waals surface area contributed by atoms with Gasteiger partial charge in [-0.3, -0.25) is 4.98 Å². The van der Waals surface area contributed by atoms with Crippen LogP contribution in [0.3, 0.4) is 0 Å². The Kier molecular flexibility index (Phi) is 5.20. The van der Waals surface area contributed by atoms with Gasteiger partial charge in [0, 0.05) is 23.2 Å². The van der Waals surface area contributed by atoms with Gasteiger partial charge in [-0.15, -0.1) is 0 Å². The number of rotatable bonds is 4. The molecule has 0 amide bonds. The summed E-state index contributed by atoms with van der Waals surface area (Å²) in [6.07, 6.45) is 0.372. The van der Waals surface area contributed by atoms with Gasteiger partial charge in [-0.05, 0) is 43.3 Å². The van der Waals surface area contributed by atoms with Crippen molar-refractivity contribution in [3.8, 4) is 11.3 Å². The smallest absolute Gasteiger partial charge is 0.412 e. The third-order valence-electron chi connectivity index (χ3n) is 5.36. The summed E-state index contributed by atoms with van der Waals surface area (Å²) >= 11 is 0. The molecule has 0 aliphatic carbocycles. The van der Waals surface area contributed by atoms with E-state index >= 15 is 0 Å². The number of aromatic nitrogens is 5. The fraction of sp³-hybridized carbons (Fsp3) is 0.125. The maximum Gasteiger partial charge on any atom is 0.412 e. The first kappa shape index (κ1) is 21.5. The van der Waals surface area contributed by atoms with Crippen molar-refractivity contribution in [1.29, 1.82) is 0 Å². The molecule has 1 aromatic carbocycles. The molecule has 1 N–H and O–H groups in total. The molecule has 0 bridgehead atoms. The summed E-state index contributed by atoms with van der Waals surface area (Å²) in [5, 5.41) is 15.0. The van der Waals surface area contributed by atoms with E-state index in [1.165, 1.54) is 37.1 Å². The second kappa shape index (κ2) is 8.22. The molecule has 0 radical (unpaired) electrons. The molecule has 0 saturated heterocycles. The quantitative estimate of drug-likeness (QED) is 0.302. The van der Waals surface area contributed by atoms with Crippen molar-refractivity contribution in [1.82, 2.24) is 19.9 Å². The molecule has 0 aliphatic heterocycles. The number of alkyl halides is 3. The van der Waals surface area contributed by atoms with Gasteiger partial charge in [0.1, 0.15) is 11.8 Å². The summed E-state index contributed by atoms with van der Waals surface area (Å²) in [5.41, 5.74) is 2.18. The van der Waals surface area contributed by atoms with Gasteiger partial charge < -0.3 is 10.5 Å². The van der Waals surface area contributed by atoms with E-state index in [1.54, 1.807) is 30.3 Å². The standard InChI is InChI=1S/C24H17F3N6O/c1-14-6-7-18-16(10-14)11-17(20(31-18)15-4-3-9-33(34)12-15)22(24(25,26)27)32-23-21-19(29-13-30-23)5-2-8-28-21/h2-13,22H,1H3,(H,29,30,32)/t22-/m1/s1. The first-order chi connectivity index (χ1) is 16.3. The maximum absolute atomic E-state index is 14.5. The molecule has 10 heteroatoms. The van der Waals surface area contributed by atoms with Gasteiger partial charge >= 0.3 is 6.18 Å². The SMILES string of the molecule is Cc1ccc2nc(-c3ccc[n+]([O-])c3)c([C@@H](Nc3ncnc4cccnc34)C(F)(F)F)cc2c1. The molecule has 0 unspecified atom stereocenters. The molecule has 170 valence electrons. The Bertz CT molecular complexity index is 1520. The Hall–Kier alpha value is -4.34. The largest absolute Gasteiger partial charge is 0.619 e. The Labute approximate surface area is 191 Å². The number of hydrogen-bond donors (Lipinski definition) is 1. The average molecular weight is 462 g/mol. The molecule has 4 heterocycles. The van der Waals surface area contributed by atoms with Gasteiger partial charge in [0.25, 0.3) is 0 Å². The van der Waals surface area contributed by atoms with Gasteiger partial charge in [-0.2, -0.15) is 17.9 Å². The molecule has 5 rings (SSSR count). The van der Waals surface area contributed by atoms with E-state index in [2.05, 4.69) is 25.3 Å². The van der Waals surface area contributed by atoms with E-state index in [1.807, 2.05) is 13.0 Å². The highest BCUT2D eigenvalue weighted by Gasteiger charge is 2.43. The molecular weight excluding hydrogens is 445 g/mol. The number of nitrogens with zero attached hydrogens (tertiary/aromatic N) is 5. The number of benzene rings is 1. The van der Waals surface area contributed by atoms with Gasteiger partial charge in [0.15, 0.2) is 24.3 Å².